The van der Waals surface area contributed by atoms with Gasteiger partial charge in [-0.2, -0.15) is 0 Å². The zero-order chi connectivity index (χ0) is 20.7. The molecule has 2 aliphatic heterocycles. The van der Waals surface area contributed by atoms with Crippen LogP contribution in [0.2, 0.25) is 0 Å². The molecule has 0 saturated carbocycles. The highest BCUT2D eigenvalue weighted by molar-refractivity contribution is 7.17. The van der Waals surface area contributed by atoms with E-state index in [4.69, 9.17) is 9.47 Å². The van der Waals surface area contributed by atoms with Crippen LogP contribution in [0.4, 0.5) is 0 Å². The molecule has 3 aromatic rings. The van der Waals surface area contributed by atoms with Crippen LogP contribution in [0.3, 0.4) is 0 Å². The Morgan fingerprint density at radius 2 is 1.97 bits per heavy atom. The summed E-state index contributed by atoms with van der Waals surface area (Å²) in [6.45, 7) is 5.05. The van der Waals surface area contributed by atoms with Crippen LogP contribution in [-0.2, 0) is 12.8 Å². The number of fused-ring (bicyclic) bond motifs is 2. The first-order chi connectivity index (χ1) is 14.6. The van der Waals surface area contributed by atoms with Gasteiger partial charge in [0.05, 0.1) is 10.6 Å². The normalized spacial score (nSPS) is 15.7. The lowest BCUT2D eigenvalue weighted by Gasteiger charge is -2.21. The molecule has 0 fully saturated rings. The van der Waals surface area contributed by atoms with E-state index in [1.165, 1.54) is 16.9 Å². The predicted octanol–water partition coefficient (Wildman–Crippen LogP) is 4.78. The Bertz CT molecular complexity index is 1160. The van der Waals surface area contributed by atoms with Gasteiger partial charge < -0.3 is 14.8 Å². The summed E-state index contributed by atoms with van der Waals surface area (Å²) in [5.74, 6) is 1.47. The monoisotopic (exact) mass is 418 g/mol. The van der Waals surface area contributed by atoms with Crippen molar-refractivity contribution in [3.05, 3.63) is 69.7 Å². The third-order valence-corrected chi connectivity index (χ3v) is 6.72. The Morgan fingerprint density at radius 3 is 2.73 bits per heavy atom. The van der Waals surface area contributed by atoms with Crippen molar-refractivity contribution >= 4 is 22.8 Å². The van der Waals surface area contributed by atoms with Crippen molar-refractivity contribution in [3.8, 4) is 22.1 Å². The molecule has 30 heavy (non-hydrogen) atoms. The molecule has 6 heteroatoms. The minimum Gasteiger partial charge on any atom is -0.454 e. The number of rotatable bonds is 4. The van der Waals surface area contributed by atoms with Crippen molar-refractivity contribution in [2.24, 2.45) is 0 Å². The van der Waals surface area contributed by atoms with Crippen molar-refractivity contribution in [1.82, 2.24) is 10.3 Å². The van der Waals surface area contributed by atoms with Gasteiger partial charge in [0, 0.05) is 29.4 Å². The van der Waals surface area contributed by atoms with Gasteiger partial charge in [0.25, 0.3) is 0 Å². The van der Waals surface area contributed by atoms with Crippen molar-refractivity contribution < 1.29 is 14.3 Å². The maximum atomic E-state index is 13.1. The Morgan fingerprint density at radius 1 is 1.20 bits per heavy atom. The molecule has 0 bridgehead atoms. The summed E-state index contributed by atoms with van der Waals surface area (Å²) in [7, 11) is 0. The number of benzene rings is 2. The van der Waals surface area contributed by atoms with Crippen LogP contribution in [0, 0.1) is 6.92 Å². The van der Waals surface area contributed by atoms with Gasteiger partial charge >= 0.3 is 0 Å². The van der Waals surface area contributed by atoms with Gasteiger partial charge in [0.1, 0.15) is 5.01 Å². The number of aromatic nitrogens is 1. The van der Waals surface area contributed by atoms with Crippen molar-refractivity contribution in [2.75, 3.05) is 13.3 Å². The van der Waals surface area contributed by atoms with Gasteiger partial charge in [-0.1, -0.05) is 31.2 Å². The average molecular weight is 419 g/mol. The third kappa shape index (κ3) is 3.37. The predicted molar refractivity (Wildman–Crippen MR) is 118 cm³/mol. The molecule has 0 saturated heterocycles. The van der Waals surface area contributed by atoms with Crippen molar-refractivity contribution in [3.63, 3.8) is 0 Å². The van der Waals surface area contributed by atoms with Crippen molar-refractivity contribution in [1.29, 1.82) is 0 Å². The Balaban J connectivity index is 1.46. The van der Waals surface area contributed by atoms with Gasteiger partial charge in [-0.3, -0.25) is 4.79 Å². The third-order valence-electron chi connectivity index (χ3n) is 5.50. The van der Waals surface area contributed by atoms with Gasteiger partial charge in [0.2, 0.25) is 6.79 Å². The molecule has 5 rings (SSSR count). The number of hydrogen-bond acceptors (Lipinski definition) is 6. The fourth-order valence-electron chi connectivity index (χ4n) is 3.83. The standard InChI is InChI=1S/C24H22N2O3S/c1-3-15-4-6-16(7-5-15)24-26-14(2)23(30-24)20(27)12-19-18-11-22-21(28-13-29-22)10-17(18)8-9-25-19/h4-7,10-12,25H,3,8-9,13H2,1-2H3. The molecule has 2 aromatic carbocycles. The molecule has 2 aliphatic rings. The summed E-state index contributed by atoms with van der Waals surface area (Å²) < 4.78 is 11.0. The first-order valence-electron chi connectivity index (χ1n) is 10.1. The maximum absolute atomic E-state index is 13.1. The largest absolute Gasteiger partial charge is 0.454 e. The first kappa shape index (κ1) is 18.9. The number of carbonyl (C=O) groups excluding carboxylic acids is 1. The SMILES string of the molecule is CCc1ccc(-c2nc(C)c(C(=O)C=C3NCCc4cc5c(cc43)OCO5)s2)cc1. The number of ether oxygens (including phenoxy) is 2. The van der Waals surface area contributed by atoms with E-state index in [-0.39, 0.29) is 12.6 Å². The lowest BCUT2D eigenvalue weighted by atomic mass is 9.96. The number of nitrogens with one attached hydrogen (secondary N) is 1. The van der Waals surface area contributed by atoms with Gasteiger partial charge in [-0.05, 0) is 43.0 Å². The number of nitrogens with zero attached hydrogens (tertiary/aromatic N) is 1. The lowest BCUT2D eigenvalue weighted by Crippen LogP contribution is -2.23. The van der Waals surface area contributed by atoms with E-state index in [0.29, 0.717) is 4.88 Å². The van der Waals surface area contributed by atoms with E-state index in [1.54, 1.807) is 6.08 Å². The molecule has 1 N–H and O–H groups in total. The zero-order valence-corrected chi connectivity index (χ0v) is 17.8. The molecule has 0 atom stereocenters. The lowest BCUT2D eigenvalue weighted by molar-refractivity contribution is 0.105. The van der Waals surface area contributed by atoms with E-state index < -0.39 is 0 Å². The Hall–Kier alpha value is -3.12. The number of ketones is 1. The minimum atomic E-state index is -0.0329. The van der Waals surface area contributed by atoms with Crippen LogP contribution < -0.4 is 14.8 Å². The first-order valence-corrected chi connectivity index (χ1v) is 10.9. The molecule has 3 heterocycles. The molecular weight excluding hydrogens is 396 g/mol. The molecule has 0 spiro atoms. The van der Waals surface area contributed by atoms with Gasteiger partial charge in [-0.25, -0.2) is 4.98 Å². The van der Waals surface area contributed by atoms with Gasteiger partial charge in [0.15, 0.2) is 17.3 Å². The van der Waals surface area contributed by atoms with Crippen LogP contribution in [-0.4, -0.2) is 24.1 Å². The fourth-order valence-corrected chi connectivity index (χ4v) is 4.81. The van der Waals surface area contributed by atoms with E-state index >= 15 is 0 Å². The Kier molecular flexibility index (Phi) is 4.79. The molecule has 152 valence electrons. The molecular formula is C24H22N2O3S. The minimum absolute atomic E-state index is 0.0329. The van der Waals surface area contributed by atoms with E-state index in [0.717, 1.165) is 64.0 Å². The summed E-state index contributed by atoms with van der Waals surface area (Å²) in [5, 5.41) is 4.24. The average Bonchev–Trinajstić information content (AvgIpc) is 3.38. The summed E-state index contributed by atoms with van der Waals surface area (Å²) in [6, 6.07) is 12.4. The summed E-state index contributed by atoms with van der Waals surface area (Å²) in [6.07, 6.45) is 3.57. The smallest absolute Gasteiger partial charge is 0.231 e. The van der Waals surface area contributed by atoms with Crippen LogP contribution >= 0.6 is 11.3 Å². The molecule has 0 unspecified atom stereocenters. The Labute approximate surface area is 179 Å². The highest BCUT2D eigenvalue weighted by Crippen LogP contribution is 2.38. The highest BCUT2D eigenvalue weighted by atomic mass is 32.1. The summed E-state index contributed by atoms with van der Waals surface area (Å²) in [4.78, 5) is 18.4. The number of carbonyl (C=O) groups is 1. The van der Waals surface area contributed by atoms with Crippen LogP contribution in [0.1, 0.15) is 39.0 Å². The second-order valence-corrected chi connectivity index (χ2v) is 8.44. The maximum Gasteiger partial charge on any atom is 0.231 e. The van der Waals surface area contributed by atoms with Crippen LogP contribution in [0.15, 0.2) is 42.5 Å². The second-order valence-electron chi connectivity index (χ2n) is 7.45. The number of thiazole rings is 1. The summed E-state index contributed by atoms with van der Waals surface area (Å²) >= 11 is 1.45. The van der Waals surface area contributed by atoms with E-state index in [2.05, 4.69) is 41.5 Å². The zero-order valence-electron chi connectivity index (χ0n) is 17.0. The molecule has 1 aromatic heterocycles. The number of hydrogen-bond donors (Lipinski definition) is 1. The second kappa shape index (κ2) is 7.61. The van der Waals surface area contributed by atoms with Crippen LogP contribution in [0.5, 0.6) is 11.5 Å². The number of aryl methyl sites for hydroxylation is 2. The number of allylic oxidation sites excluding steroid dienone is 1. The van der Waals surface area contributed by atoms with E-state index in [1.807, 2.05) is 19.1 Å². The molecule has 0 aliphatic carbocycles. The van der Waals surface area contributed by atoms with Crippen LogP contribution in [0.25, 0.3) is 16.3 Å². The van der Waals surface area contributed by atoms with E-state index in [9.17, 15) is 4.79 Å². The van der Waals surface area contributed by atoms with Crippen molar-refractivity contribution in [2.45, 2.75) is 26.7 Å². The highest BCUT2D eigenvalue weighted by Gasteiger charge is 2.23. The quantitative estimate of drug-likeness (QED) is 0.488. The van der Waals surface area contributed by atoms with Gasteiger partial charge in [-0.15, -0.1) is 11.3 Å². The molecule has 0 radical (unpaired) electrons. The summed E-state index contributed by atoms with van der Waals surface area (Å²) in [5.41, 5.74) is 6.07. The fraction of sp³-hybridized carbons (Fsp3) is 0.250. The molecule has 0 amide bonds. The topological polar surface area (TPSA) is 60.5 Å². The molecule has 5 nitrogen and oxygen atoms in total.